The molecule has 0 fully saturated rings. The maximum atomic E-state index is 13.7. The van der Waals surface area contributed by atoms with Crippen LogP contribution < -0.4 is 10.5 Å². The summed E-state index contributed by atoms with van der Waals surface area (Å²) in [5, 5.41) is 0.0331. The van der Waals surface area contributed by atoms with Gasteiger partial charge in [0.25, 0.3) is 0 Å². The summed E-state index contributed by atoms with van der Waals surface area (Å²) in [4.78, 5) is 0. The van der Waals surface area contributed by atoms with Gasteiger partial charge in [-0.05, 0) is 25.1 Å². The number of nitrogens with two attached hydrogens (primary N) is 1. The SMILES string of the molecule is CC(N)c1ccccc1Oc1cccc(Cl)c1F. The number of hydrogen-bond acceptors (Lipinski definition) is 2. The quantitative estimate of drug-likeness (QED) is 0.898. The lowest BCUT2D eigenvalue weighted by molar-refractivity contribution is 0.435. The van der Waals surface area contributed by atoms with Gasteiger partial charge >= 0.3 is 0 Å². The van der Waals surface area contributed by atoms with Gasteiger partial charge in [-0.3, -0.25) is 0 Å². The molecule has 0 heterocycles. The molecule has 0 amide bonds. The maximum Gasteiger partial charge on any atom is 0.184 e. The highest BCUT2D eigenvalue weighted by Gasteiger charge is 2.12. The van der Waals surface area contributed by atoms with Crippen molar-refractivity contribution in [1.82, 2.24) is 0 Å². The van der Waals surface area contributed by atoms with Crippen molar-refractivity contribution >= 4 is 11.6 Å². The smallest absolute Gasteiger partial charge is 0.184 e. The van der Waals surface area contributed by atoms with Crippen molar-refractivity contribution in [3.05, 3.63) is 58.9 Å². The van der Waals surface area contributed by atoms with E-state index in [1.165, 1.54) is 12.1 Å². The average Bonchev–Trinajstić information content (AvgIpc) is 2.35. The number of para-hydroxylation sites is 1. The average molecular weight is 266 g/mol. The highest BCUT2D eigenvalue weighted by Crippen LogP contribution is 2.32. The van der Waals surface area contributed by atoms with Crippen molar-refractivity contribution in [3.8, 4) is 11.5 Å². The number of halogens is 2. The Morgan fingerprint density at radius 2 is 1.78 bits per heavy atom. The Hall–Kier alpha value is -1.58. The first-order valence-corrected chi connectivity index (χ1v) is 5.93. The van der Waals surface area contributed by atoms with Gasteiger partial charge in [0, 0.05) is 11.6 Å². The van der Waals surface area contributed by atoms with Crippen molar-refractivity contribution in [1.29, 1.82) is 0 Å². The highest BCUT2D eigenvalue weighted by molar-refractivity contribution is 6.30. The third kappa shape index (κ3) is 2.63. The fraction of sp³-hybridized carbons (Fsp3) is 0.143. The van der Waals surface area contributed by atoms with Crippen molar-refractivity contribution in [2.45, 2.75) is 13.0 Å². The van der Waals surface area contributed by atoms with Crippen LogP contribution in [0.1, 0.15) is 18.5 Å². The number of benzene rings is 2. The molecule has 2 rings (SSSR count). The van der Waals surface area contributed by atoms with Crippen LogP contribution in [0.25, 0.3) is 0 Å². The molecule has 2 nitrogen and oxygen atoms in total. The zero-order chi connectivity index (χ0) is 13.1. The molecule has 18 heavy (non-hydrogen) atoms. The van der Waals surface area contributed by atoms with Gasteiger partial charge in [0.1, 0.15) is 5.75 Å². The van der Waals surface area contributed by atoms with E-state index in [-0.39, 0.29) is 16.8 Å². The van der Waals surface area contributed by atoms with Gasteiger partial charge < -0.3 is 10.5 Å². The lowest BCUT2D eigenvalue weighted by Gasteiger charge is -2.14. The van der Waals surface area contributed by atoms with Crippen LogP contribution in [0, 0.1) is 5.82 Å². The second kappa shape index (κ2) is 5.38. The third-order valence-electron chi connectivity index (χ3n) is 2.55. The van der Waals surface area contributed by atoms with Gasteiger partial charge in [-0.1, -0.05) is 35.9 Å². The minimum absolute atomic E-state index is 0.0331. The summed E-state index contributed by atoms with van der Waals surface area (Å²) >= 11 is 5.70. The molecule has 1 unspecified atom stereocenters. The first-order valence-electron chi connectivity index (χ1n) is 5.56. The fourth-order valence-electron chi connectivity index (χ4n) is 1.63. The molecule has 4 heteroatoms. The molecule has 0 aliphatic carbocycles. The molecule has 0 aliphatic heterocycles. The Kier molecular flexibility index (Phi) is 3.84. The summed E-state index contributed by atoms with van der Waals surface area (Å²) in [6, 6.07) is 11.7. The molecule has 0 saturated heterocycles. The molecule has 0 radical (unpaired) electrons. The van der Waals surface area contributed by atoms with E-state index in [1.54, 1.807) is 12.1 Å². The van der Waals surface area contributed by atoms with E-state index < -0.39 is 5.82 Å². The molecule has 2 aromatic rings. The summed E-state index contributed by atoms with van der Waals surface area (Å²) in [6.07, 6.45) is 0. The summed E-state index contributed by atoms with van der Waals surface area (Å²) in [5.74, 6) is 0.0583. The number of rotatable bonds is 3. The van der Waals surface area contributed by atoms with Crippen LogP contribution in [0.15, 0.2) is 42.5 Å². The van der Waals surface area contributed by atoms with Gasteiger partial charge in [0.2, 0.25) is 0 Å². The molecular weight excluding hydrogens is 253 g/mol. The zero-order valence-electron chi connectivity index (χ0n) is 9.86. The monoisotopic (exact) mass is 265 g/mol. The molecule has 0 bridgehead atoms. The van der Waals surface area contributed by atoms with Crippen LogP contribution in [-0.2, 0) is 0 Å². The third-order valence-corrected chi connectivity index (χ3v) is 2.84. The van der Waals surface area contributed by atoms with Crippen LogP contribution in [0.3, 0.4) is 0 Å². The molecular formula is C14H13ClFNO. The van der Waals surface area contributed by atoms with Crippen molar-refractivity contribution < 1.29 is 9.13 Å². The molecule has 1 atom stereocenters. The van der Waals surface area contributed by atoms with Crippen LogP contribution in [0.5, 0.6) is 11.5 Å². The van der Waals surface area contributed by atoms with E-state index in [1.807, 2.05) is 25.1 Å². The lowest BCUT2D eigenvalue weighted by atomic mass is 10.1. The van der Waals surface area contributed by atoms with E-state index in [2.05, 4.69) is 0 Å². The van der Waals surface area contributed by atoms with Crippen molar-refractivity contribution in [3.63, 3.8) is 0 Å². The van der Waals surface area contributed by atoms with Crippen LogP contribution in [-0.4, -0.2) is 0 Å². The summed E-state index contributed by atoms with van der Waals surface area (Å²) in [6.45, 7) is 1.84. The zero-order valence-corrected chi connectivity index (χ0v) is 10.6. The Morgan fingerprint density at radius 3 is 2.50 bits per heavy atom. The summed E-state index contributed by atoms with van der Waals surface area (Å²) in [7, 11) is 0. The second-order valence-electron chi connectivity index (χ2n) is 3.98. The molecule has 94 valence electrons. The maximum absolute atomic E-state index is 13.7. The lowest BCUT2D eigenvalue weighted by Crippen LogP contribution is -2.06. The van der Waals surface area contributed by atoms with Gasteiger partial charge in [-0.25, -0.2) is 4.39 Å². The Balaban J connectivity index is 2.37. The molecule has 0 saturated carbocycles. The van der Waals surface area contributed by atoms with E-state index in [9.17, 15) is 4.39 Å². The van der Waals surface area contributed by atoms with E-state index in [0.717, 1.165) is 5.56 Å². The Morgan fingerprint density at radius 1 is 1.11 bits per heavy atom. The van der Waals surface area contributed by atoms with Crippen LogP contribution in [0.4, 0.5) is 4.39 Å². The summed E-state index contributed by atoms with van der Waals surface area (Å²) < 4.78 is 19.3. The van der Waals surface area contributed by atoms with Crippen LogP contribution >= 0.6 is 11.6 Å². The standard InChI is InChI=1S/C14H13ClFNO/c1-9(17)10-5-2-3-7-12(10)18-13-8-4-6-11(15)14(13)16/h2-9H,17H2,1H3. The molecule has 2 N–H and O–H groups in total. The predicted molar refractivity (Wildman–Crippen MR) is 70.5 cm³/mol. The molecule has 2 aromatic carbocycles. The van der Waals surface area contributed by atoms with E-state index in [4.69, 9.17) is 22.1 Å². The fourth-order valence-corrected chi connectivity index (χ4v) is 1.80. The minimum atomic E-state index is -0.571. The number of ether oxygens (including phenoxy) is 1. The van der Waals surface area contributed by atoms with E-state index >= 15 is 0 Å². The Labute approximate surface area is 110 Å². The number of hydrogen-bond donors (Lipinski definition) is 1. The van der Waals surface area contributed by atoms with Gasteiger partial charge in [-0.15, -0.1) is 0 Å². The normalized spacial score (nSPS) is 12.2. The Bertz CT molecular complexity index is 557. The van der Waals surface area contributed by atoms with Gasteiger partial charge in [0.15, 0.2) is 11.6 Å². The predicted octanol–water partition coefficient (Wildman–Crippen LogP) is 4.29. The minimum Gasteiger partial charge on any atom is -0.454 e. The summed E-state index contributed by atoms with van der Waals surface area (Å²) in [5.41, 5.74) is 6.65. The first-order chi connectivity index (χ1) is 8.59. The van der Waals surface area contributed by atoms with Crippen molar-refractivity contribution in [2.24, 2.45) is 5.73 Å². The molecule has 0 aliphatic rings. The first kappa shape index (κ1) is 12.9. The largest absolute Gasteiger partial charge is 0.454 e. The van der Waals surface area contributed by atoms with Gasteiger partial charge in [0.05, 0.1) is 5.02 Å². The van der Waals surface area contributed by atoms with Crippen molar-refractivity contribution in [2.75, 3.05) is 0 Å². The molecule has 0 aromatic heterocycles. The highest BCUT2D eigenvalue weighted by atomic mass is 35.5. The second-order valence-corrected chi connectivity index (χ2v) is 4.39. The van der Waals surface area contributed by atoms with Gasteiger partial charge in [-0.2, -0.15) is 0 Å². The van der Waals surface area contributed by atoms with Crippen LogP contribution in [0.2, 0.25) is 5.02 Å². The topological polar surface area (TPSA) is 35.2 Å². The molecule has 0 spiro atoms. The van der Waals surface area contributed by atoms with E-state index in [0.29, 0.717) is 5.75 Å².